The van der Waals surface area contributed by atoms with Crippen molar-refractivity contribution in [1.29, 1.82) is 0 Å². The van der Waals surface area contributed by atoms with Crippen LogP contribution in [-0.2, 0) is 0 Å². The third-order valence-corrected chi connectivity index (χ3v) is 1.93. The third-order valence-electron chi connectivity index (χ3n) is 1.30. The number of carbonyl (C=O) groups excluding carboxylic acids is 1. The second-order valence-electron chi connectivity index (χ2n) is 2.15. The molecule has 0 aliphatic heterocycles. The van der Waals surface area contributed by atoms with Gasteiger partial charge in [-0.3, -0.25) is 4.79 Å². The van der Waals surface area contributed by atoms with Crippen molar-refractivity contribution in [3.8, 4) is 0 Å². The molecule has 0 saturated carbocycles. The van der Waals surface area contributed by atoms with Crippen LogP contribution in [-0.4, -0.2) is 10.8 Å². The fourth-order valence-electron chi connectivity index (χ4n) is 0.689. The van der Waals surface area contributed by atoms with Gasteiger partial charge in [-0.2, -0.15) is 0 Å². The summed E-state index contributed by atoms with van der Waals surface area (Å²) < 4.78 is 12.9. The van der Waals surface area contributed by atoms with Crippen molar-refractivity contribution < 1.29 is 9.18 Å². The lowest BCUT2D eigenvalue weighted by Crippen LogP contribution is -1.97. The van der Waals surface area contributed by atoms with Crippen molar-refractivity contribution in [2.45, 2.75) is 6.92 Å². The summed E-state index contributed by atoms with van der Waals surface area (Å²) in [7, 11) is 0. The summed E-state index contributed by atoms with van der Waals surface area (Å²) in [6, 6.07) is 0. The molecule has 0 aliphatic carbocycles. The highest BCUT2D eigenvalue weighted by atomic mass is 35.5. The van der Waals surface area contributed by atoms with E-state index < -0.39 is 5.82 Å². The molecule has 0 amide bonds. The molecule has 5 heteroatoms. The predicted octanol–water partition coefficient (Wildman–Crippen LogP) is 2.73. The Morgan fingerprint density at radius 1 is 1.58 bits per heavy atom. The van der Waals surface area contributed by atoms with E-state index in [-0.39, 0.29) is 21.5 Å². The molecule has 0 aromatic carbocycles. The SMILES string of the molecule is CC(=O)c1cnc(Cl)c(F)c1Cl. The highest BCUT2D eigenvalue weighted by Crippen LogP contribution is 2.24. The monoisotopic (exact) mass is 207 g/mol. The maximum absolute atomic E-state index is 12.9. The quantitative estimate of drug-likeness (QED) is 0.524. The van der Waals surface area contributed by atoms with Gasteiger partial charge in [-0.1, -0.05) is 23.2 Å². The summed E-state index contributed by atoms with van der Waals surface area (Å²) in [5.74, 6) is -1.20. The first-order chi connectivity index (χ1) is 5.54. The molecule has 1 rings (SSSR count). The standard InChI is InChI=1S/C7H4Cl2FNO/c1-3(12)4-2-11-7(9)6(10)5(4)8/h2H,1H3. The molecule has 0 radical (unpaired) electrons. The van der Waals surface area contributed by atoms with Crippen molar-refractivity contribution >= 4 is 29.0 Å². The summed E-state index contributed by atoms with van der Waals surface area (Å²) in [6.45, 7) is 1.27. The molecule has 2 nitrogen and oxygen atoms in total. The second kappa shape index (κ2) is 3.37. The fourth-order valence-corrected chi connectivity index (χ4v) is 1.15. The smallest absolute Gasteiger partial charge is 0.179 e. The van der Waals surface area contributed by atoms with E-state index in [2.05, 4.69) is 4.98 Å². The lowest BCUT2D eigenvalue weighted by molar-refractivity contribution is 0.101. The Hall–Kier alpha value is -0.670. The molecule has 0 bridgehead atoms. The summed E-state index contributed by atoms with van der Waals surface area (Å²) >= 11 is 10.8. The molecule has 1 heterocycles. The van der Waals surface area contributed by atoms with E-state index in [0.717, 1.165) is 6.20 Å². The zero-order valence-corrected chi connectivity index (χ0v) is 7.58. The van der Waals surface area contributed by atoms with Gasteiger partial charge in [-0.25, -0.2) is 9.37 Å². The van der Waals surface area contributed by atoms with Gasteiger partial charge in [0.25, 0.3) is 0 Å². The van der Waals surface area contributed by atoms with Crippen molar-refractivity contribution in [3.63, 3.8) is 0 Å². The Balaban J connectivity index is 3.36. The summed E-state index contributed by atoms with van der Waals surface area (Å²) in [6.07, 6.45) is 1.15. The number of pyridine rings is 1. The predicted molar refractivity (Wildman–Crippen MR) is 44.2 cm³/mol. The van der Waals surface area contributed by atoms with Crippen LogP contribution < -0.4 is 0 Å². The van der Waals surface area contributed by atoms with Crippen LogP contribution in [0.25, 0.3) is 0 Å². The third kappa shape index (κ3) is 1.57. The largest absolute Gasteiger partial charge is 0.294 e. The van der Waals surface area contributed by atoms with Gasteiger partial charge in [0.05, 0.1) is 10.6 Å². The molecule has 0 N–H and O–H groups in total. The van der Waals surface area contributed by atoms with Gasteiger partial charge in [0.2, 0.25) is 0 Å². The Bertz CT molecular complexity index is 340. The van der Waals surface area contributed by atoms with Gasteiger partial charge < -0.3 is 0 Å². The number of ketones is 1. The fraction of sp³-hybridized carbons (Fsp3) is 0.143. The van der Waals surface area contributed by atoms with Crippen LogP contribution in [0.15, 0.2) is 6.20 Å². The van der Waals surface area contributed by atoms with Gasteiger partial charge >= 0.3 is 0 Å². The number of hydrogen-bond acceptors (Lipinski definition) is 2. The minimum Gasteiger partial charge on any atom is -0.294 e. The van der Waals surface area contributed by atoms with E-state index >= 15 is 0 Å². The lowest BCUT2D eigenvalue weighted by Gasteiger charge is -2.00. The summed E-state index contributed by atoms with van der Waals surface area (Å²) in [4.78, 5) is 14.2. The number of carbonyl (C=O) groups is 1. The highest BCUT2D eigenvalue weighted by molar-refractivity contribution is 6.36. The van der Waals surface area contributed by atoms with Gasteiger partial charge in [-0.15, -0.1) is 0 Å². The Morgan fingerprint density at radius 3 is 2.67 bits per heavy atom. The number of halogens is 3. The minimum absolute atomic E-state index is 0.0403. The molecule has 0 unspecified atom stereocenters. The van der Waals surface area contributed by atoms with E-state index in [1.165, 1.54) is 6.92 Å². The van der Waals surface area contributed by atoms with Crippen LogP contribution in [0, 0.1) is 5.82 Å². The zero-order valence-electron chi connectivity index (χ0n) is 6.07. The van der Waals surface area contributed by atoms with E-state index in [0.29, 0.717) is 0 Å². The van der Waals surface area contributed by atoms with E-state index in [9.17, 15) is 9.18 Å². The van der Waals surface area contributed by atoms with Crippen molar-refractivity contribution in [3.05, 3.63) is 27.8 Å². The van der Waals surface area contributed by atoms with Crippen LogP contribution in [0.3, 0.4) is 0 Å². The highest BCUT2D eigenvalue weighted by Gasteiger charge is 2.13. The Morgan fingerprint density at radius 2 is 2.17 bits per heavy atom. The van der Waals surface area contributed by atoms with Gasteiger partial charge in [-0.05, 0) is 6.92 Å². The van der Waals surface area contributed by atoms with Crippen molar-refractivity contribution in [2.24, 2.45) is 0 Å². The maximum Gasteiger partial charge on any atom is 0.179 e. The molecular weight excluding hydrogens is 204 g/mol. The molecule has 12 heavy (non-hydrogen) atoms. The second-order valence-corrected chi connectivity index (χ2v) is 2.88. The number of Topliss-reactive ketones (excluding diaryl/α,β-unsaturated/α-hetero) is 1. The molecule has 0 spiro atoms. The Kier molecular flexibility index (Phi) is 2.65. The van der Waals surface area contributed by atoms with Gasteiger partial charge in [0, 0.05) is 6.20 Å². The number of rotatable bonds is 1. The number of nitrogens with zero attached hydrogens (tertiary/aromatic N) is 1. The maximum atomic E-state index is 12.9. The molecule has 0 aliphatic rings. The molecule has 0 saturated heterocycles. The van der Waals surface area contributed by atoms with Gasteiger partial charge in [0.15, 0.2) is 16.8 Å². The lowest BCUT2D eigenvalue weighted by atomic mass is 10.2. The zero-order chi connectivity index (χ0) is 9.30. The van der Waals surface area contributed by atoms with Crippen LogP contribution in [0.5, 0.6) is 0 Å². The van der Waals surface area contributed by atoms with Crippen LogP contribution in [0.1, 0.15) is 17.3 Å². The first kappa shape index (κ1) is 9.42. The number of hydrogen-bond donors (Lipinski definition) is 0. The van der Waals surface area contributed by atoms with Crippen LogP contribution in [0.2, 0.25) is 10.2 Å². The molecule has 64 valence electrons. The van der Waals surface area contributed by atoms with Crippen LogP contribution >= 0.6 is 23.2 Å². The van der Waals surface area contributed by atoms with E-state index in [1.807, 2.05) is 0 Å². The Labute approximate surface area is 78.3 Å². The minimum atomic E-state index is -0.856. The first-order valence-electron chi connectivity index (χ1n) is 3.04. The van der Waals surface area contributed by atoms with Crippen molar-refractivity contribution in [2.75, 3.05) is 0 Å². The molecular formula is C7H4Cl2FNO. The average Bonchev–Trinajstić information content (AvgIpc) is 2.00. The topological polar surface area (TPSA) is 30.0 Å². The molecule has 1 aromatic heterocycles. The van der Waals surface area contributed by atoms with E-state index in [1.54, 1.807) is 0 Å². The van der Waals surface area contributed by atoms with Gasteiger partial charge in [0.1, 0.15) is 0 Å². The molecule has 0 fully saturated rings. The molecule has 1 aromatic rings. The first-order valence-corrected chi connectivity index (χ1v) is 3.80. The number of aromatic nitrogens is 1. The summed E-state index contributed by atoms with van der Waals surface area (Å²) in [5.41, 5.74) is 0.0403. The van der Waals surface area contributed by atoms with Crippen molar-refractivity contribution in [1.82, 2.24) is 4.98 Å². The average molecular weight is 208 g/mol. The molecule has 0 atom stereocenters. The normalized spacial score (nSPS) is 10.0. The summed E-state index contributed by atoms with van der Waals surface area (Å²) in [5, 5.41) is -0.604. The van der Waals surface area contributed by atoms with E-state index in [4.69, 9.17) is 23.2 Å². The van der Waals surface area contributed by atoms with Crippen LogP contribution in [0.4, 0.5) is 4.39 Å².